The van der Waals surface area contributed by atoms with Gasteiger partial charge in [0, 0.05) is 20.7 Å². The number of nitrogens with zero attached hydrogens (tertiary/aromatic N) is 1. The molecule has 7 heteroatoms. The van der Waals surface area contributed by atoms with Crippen molar-refractivity contribution < 1.29 is 9.53 Å². The molecule has 1 amide bonds. The number of fused-ring (bicyclic) bond motifs is 1. The average Bonchev–Trinajstić information content (AvgIpc) is 3.11. The monoisotopic (exact) mass is 469 g/mol. The van der Waals surface area contributed by atoms with Crippen molar-refractivity contribution in [3.63, 3.8) is 0 Å². The zero-order chi connectivity index (χ0) is 20.4. The quantitative estimate of drug-likeness (QED) is 0.377. The lowest BCUT2D eigenvalue weighted by atomic mass is 10.2. The van der Waals surface area contributed by atoms with E-state index in [0.29, 0.717) is 16.5 Å². The SMILES string of the molecule is Cc1cc2[nH]c(-c3ccc(NC(=O)COc4ccc(Br)cc4)cc3)nc2cc1Cl. The lowest BCUT2D eigenvalue weighted by Gasteiger charge is -2.08. The number of carbonyl (C=O) groups is 1. The summed E-state index contributed by atoms with van der Waals surface area (Å²) in [4.78, 5) is 20.0. The summed E-state index contributed by atoms with van der Waals surface area (Å²) < 4.78 is 6.44. The van der Waals surface area contributed by atoms with Gasteiger partial charge in [0.25, 0.3) is 5.91 Å². The van der Waals surface area contributed by atoms with Crippen LogP contribution >= 0.6 is 27.5 Å². The molecule has 0 aliphatic carbocycles. The zero-order valence-corrected chi connectivity index (χ0v) is 17.8. The fourth-order valence-electron chi connectivity index (χ4n) is 2.86. The molecule has 0 saturated carbocycles. The van der Waals surface area contributed by atoms with E-state index in [0.717, 1.165) is 32.5 Å². The molecule has 4 rings (SSSR count). The van der Waals surface area contributed by atoms with Crippen LogP contribution in [-0.2, 0) is 4.79 Å². The largest absolute Gasteiger partial charge is 0.484 e. The Bertz CT molecular complexity index is 1130. The van der Waals surface area contributed by atoms with Gasteiger partial charge in [0.15, 0.2) is 6.61 Å². The van der Waals surface area contributed by atoms with Crippen molar-refractivity contribution in [2.75, 3.05) is 11.9 Å². The van der Waals surface area contributed by atoms with Gasteiger partial charge in [-0.3, -0.25) is 4.79 Å². The first kappa shape index (κ1) is 19.5. The second kappa shape index (κ2) is 8.27. The number of hydrogen-bond donors (Lipinski definition) is 2. The molecular weight excluding hydrogens is 454 g/mol. The van der Waals surface area contributed by atoms with E-state index in [1.807, 2.05) is 55.5 Å². The number of benzene rings is 3. The molecule has 0 spiro atoms. The van der Waals surface area contributed by atoms with Gasteiger partial charge in [-0.15, -0.1) is 0 Å². The molecular formula is C22H17BrClN3O2. The van der Waals surface area contributed by atoms with Crippen molar-refractivity contribution in [1.82, 2.24) is 9.97 Å². The van der Waals surface area contributed by atoms with Crippen molar-refractivity contribution in [3.05, 3.63) is 75.7 Å². The van der Waals surface area contributed by atoms with Crippen molar-refractivity contribution in [3.8, 4) is 17.1 Å². The van der Waals surface area contributed by atoms with E-state index in [-0.39, 0.29) is 12.5 Å². The maximum Gasteiger partial charge on any atom is 0.262 e. The molecule has 0 atom stereocenters. The third-order valence-corrected chi connectivity index (χ3v) is 5.32. The van der Waals surface area contributed by atoms with Crippen LogP contribution in [0.4, 0.5) is 5.69 Å². The highest BCUT2D eigenvalue weighted by molar-refractivity contribution is 9.10. The summed E-state index contributed by atoms with van der Waals surface area (Å²) in [6, 6.07) is 18.6. The third kappa shape index (κ3) is 4.60. The van der Waals surface area contributed by atoms with Crippen LogP contribution < -0.4 is 10.1 Å². The summed E-state index contributed by atoms with van der Waals surface area (Å²) in [6.45, 7) is 1.90. The molecule has 0 aliphatic rings. The summed E-state index contributed by atoms with van der Waals surface area (Å²) in [5, 5.41) is 3.52. The highest BCUT2D eigenvalue weighted by Gasteiger charge is 2.09. The Morgan fingerprint density at radius 1 is 1.14 bits per heavy atom. The number of hydrogen-bond acceptors (Lipinski definition) is 3. The first-order chi connectivity index (χ1) is 14.0. The molecule has 0 fully saturated rings. The van der Waals surface area contributed by atoms with E-state index < -0.39 is 0 Å². The predicted octanol–water partition coefficient (Wildman–Crippen LogP) is 5.97. The van der Waals surface area contributed by atoms with Gasteiger partial charge >= 0.3 is 0 Å². The summed E-state index contributed by atoms with van der Waals surface area (Å²) in [5.41, 5.74) is 4.35. The first-order valence-corrected chi connectivity index (χ1v) is 10.1. The second-order valence-corrected chi connectivity index (χ2v) is 7.89. The summed E-state index contributed by atoms with van der Waals surface area (Å²) in [7, 11) is 0. The maximum atomic E-state index is 12.1. The Morgan fingerprint density at radius 2 is 1.86 bits per heavy atom. The molecule has 1 heterocycles. The highest BCUT2D eigenvalue weighted by atomic mass is 79.9. The number of amides is 1. The molecule has 0 radical (unpaired) electrons. The minimum Gasteiger partial charge on any atom is -0.484 e. The number of H-pyrrole nitrogens is 1. The third-order valence-electron chi connectivity index (χ3n) is 4.39. The highest BCUT2D eigenvalue weighted by Crippen LogP contribution is 2.26. The molecule has 1 aromatic heterocycles. The van der Waals surface area contributed by atoms with Crippen LogP contribution in [0.2, 0.25) is 5.02 Å². The Kier molecular flexibility index (Phi) is 5.56. The van der Waals surface area contributed by atoms with Crippen LogP contribution in [0.1, 0.15) is 5.56 Å². The normalized spacial score (nSPS) is 10.9. The van der Waals surface area contributed by atoms with Gasteiger partial charge in [-0.25, -0.2) is 4.98 Å². The summed E-state index contributed by atoms with van der Waals surface area (Å²) in [5.74, 6) is 1.16. The van der Waals surface area contributed by atoms with Gasteiger partial charge in [-0.2, -0.15) is 0 Å². The van der Waals surface area contributed by atoms with Crippen LogP contribution in [0, 0.1) is 6.92 Å². The summed E-state index contributed by atoms with van der Waals surface area (Å²) >= 11 is 9.54. The molecule has 0 unspecified atom stereocenters. The number of imidazole rings is 1. The molecule has 4 aromatic rings. The number of aromatic nitrogens is 2. The number of carbonyl (C=O) groups excluding carboxylic acids is 1. The number of halogens is 2. The van der Waals surface area contributed by atoms with Crippen LogP contribution in [0.5, 0.6) is 5.75 Å². The van der Waals surface area contributed by atoms with Crippen LogP contribution in [0.3, 0.4) is 0 Å². The van der Waals surface area contributed by atoms with Crippen molar-refractivity contribution >= 4 is 50.2 Å². The van der Waals surface area contributed by atoms with E-state index in [2.05, 4.69) is 31.2 Å². The molecule has 0 saturated heterocycles. The standard InChI is InChI=1S/C22H17BrClN3O2/c1-13-10-19-20(11-18(13)24)27-22(26-19)14-2-6-16(7-3-14)25-21(28)12-29-17-8-4-15(23)5-9-17/h2-11H,12H2,1H3,(H,25,28)(H,26,27). The Hall–Kier alpha value is -2.83. The number of ether oxygens (including phenoxy) is 1. The fraction of sp³-hybridized carbons (Fsp3) is 0.0909. The number of rotatable bonds is 5. The van der Waals surface area contributed by atoms with Gasteiger partial charge in [-0.1, -0.05) is 27.5 Å². The van der Waals surface area contributed by atoms with E-state index >= 15 is 0 Å². The van der Waals surface area contributed by atoms with Gasteiger partial charge < -0.3 is 15.0 Å². The van der Waals surface area contributed by atoms with Crippen LogP contribution in [0.25, 0.3) is 22.4 Å². The van der Waals surface area contributed by atoms with E-state index in [1.54, 1.807) is 12.1 Å². The molecule has 2 N–H and O–H groups in total. The van der Waals surface area contributed by atoms with Crippen molar-refractivity contribution in [2.45, 2.75) is 6.92 Å². The van der Waals surface area contributed by atoms with Gasteiger partial charge in [-0.05, 0) is 73.2 Å². The molecule has 3 aromatic carbocycles. The first-order valence-electron chi connectivity index (χ1n) is 8.92. The number of nitrogens with one attached hydrogen (secondary N) is 2. The fourth-order valence-corrected chi connectivity index (χ4v) is 3.29. The van der Waals surface area contributed by atoms with Gasteiger partial charge in [0.2, 0.25) is 0 Å². The number of aromatic amines is 1. The average molecular weight is 471 g/mol. The molecule has 146 valence electrons. The Labute approximate surface area is 181 Å². The molecule has 0 bridgehead atoms. The van der Waals surface area contributed by atoms with E-state index in [1.165, 1.54) is 0 Å². The van der Waals surface area contributed by atoms with Crippen LogP contribution in [-0.4, -0.2) is 22.5 Å². The topological polar surface area (TPSA) is 67.0 Å². The number of anilines is 1. The van der Waals surface area contributed by atoms with Crippen LogP contribution in [0.15, 0.2) is 65.1 Å². The Morgan fingerprint density at radius 3 is 2.59 bits per heavy atom. The Balaban J connectivity index is 1.41. The van der Waals surface area contributed by atoms with Gasteiger partial charge in [0.1, 0.15) is 11.6 Å². The second-order valence-electron chi connectivity index (χ2n) is 6.57. The predicted molar refractivity (Wildman–Crippen MR) is 120 cm³/mol. The van der Waals surface area contributed by atoms with E-state index in [9.17, 15) is 4.79 Å². The smallest absolute Gasteiger partial charge is 0.262 e. The lowest BCUT2D eigenvalue weighted by Crippen LogP contribution is -2.20. The van der Waals surface area contributed by atoms with Crippen molar-refractivity contribution in [2.24, 2.45) is 0 Å². The van der Waals surface area contributed by atoms with Gasteiger partial charge in [0.05, 0.1) is 11.0 Å². The minimum absolute atomic E-state index is 0.0624. The number of aryl methyl sites for hydroxylation is 1. The lowest BCUT2D eigenvalue weighted by molar-refractivity contribution is -0.118. The van der Waals surface area contributed by atoms with E-state index in [4.69, 9.17) is 16.3 Å². The maximum absolute atomic E-state index is 12.1. The summed E-state index contributed by atoms with van der Waals surface area (Å²) in [6.07, 6.45) is 0. The molecule has 29 heavy (non-hydrogen) atoms. The molecule has 5 nitrogen and oxygen atoms in total. The minimum atomic E-state index is -0.227. The zero-order valence-electron chi connectivity index (χ0n) is 15.5. The van der Waals surface area contributed by atoms with Crippen molar-refractivity contribution in [1.29, 1.82) is 0 Å². The molecule has 0 aliphatic heterocycles.